The summed E-state index contributed by atoms with van der Waals surface area (Å²) in [5.74, 6) is 0. The van der Waals surface area contributed by atoms with E-state index < -0.39 is 0 Å². The number of aliphatic hydroxyl groups is 1. The Bertz CT molecular complexity index is 218. The predicted octanol–water partition coefficient (Wildman–Crippen LogP) is 2.16. The molecule has 0 aromatic heterocycles. The first-order chi connectivity index (χ1) is 7.69. The number of amides is 1. The molecular weight excluding hydrogens is 206 g/mol. The van der Waals surface area contributed by atoms with Crippen molar-refractivity contribution in [3.05, 3.63) is 0 Å². The lowest BCUT2D eigenvalue weighted by atomic mass is 10.0. The fraction of sp³-hybridized carbons (Fsp3) is 0.917. The van der Waals surface area contributed by atoms with E-state index in [0.717, 1.165) is 32.2 Å². The summed E-state index contributed by atoms with van der Waals surface area (Å²) < 4.78 is 5.32. The van der Waals surface area contributed by atoms with Crippen molar-refractivity contribution in [1.29, 1.82) is 0 Å². The van der Waals surface area contributed by atoms with E-state index in [0.29, 0.717) is 6.42 Å². The molecule has 2 atom stereocenters. The zero-order chi connectivity index (χ0) is 12.0. The van der Waals surface area contributed by atoms with Crippen LogP contribution in [0.5, 0.6) is 0 Å². The fourth-order valence-electron chi connectivity index (χ4n) is 2.01. The van der Waals surface area contributed by atoms with Crippen molar-refractivity contribution in [2.45, 2.75) is 58.1 Å². The first-order valence-electron chi connectivity index (χ1n) is 6.27. The summed E-state index contributed by atoms with van der Waals surface area (Å²) in [4.78, 5) is 13.7. The van der Waals surface area contributed by atoms with Crippen molar-refractivity contribution in [3.63, 3.8) is 0 Å². The molecule has 1 aliphatic heterocycles. The molecule has 1 fully saturated rings. The third-order valence-corrected chi connectivity index (χ3v) is 3.20. The molecule has 0 aliphatic carbocycles. The Morgan fingerprint density at radius 2 is 2.31 bits per heavy atom. The summed E-state index contributed by atoms with van der Waals surface area (Å²) in [6, 6.07) is 0.162. The van der Waals surface area contributed by atoms with Crippen LogP contribution in [0.4, 0.5) is 4.79 Å². The maximum atomic E-state index is 11.9. The van der Waals surface area contributed by atoms with E-state index >= 15 is 0 Å². The molecule has 1 heterocycles. The molecule has 1 saturated heterocycles. The zero-order valence-corrected chi connectivity index (χ0v) is 10.3. The predicted molar refractivity (Wildman–Crippen MR) is 62.3 cm³/mol. The second-order valence-corrected chi connectivity index (χ2v) is 4.46. The minimum atomic E-state index is -0.215. The molecule has 1 rings (SSSR count). The van der Waals surface area contributed by atoms with Crippen molar-refractivity contribution in [2.75, 3.05) is 13.2 Å². The van der Waals surface area contributed by atoms with Crippen molar-refractivity contribution in [3.8, 4) is 0 Å². The number of ether oxygens (including phenoxy) is 1. The lowest BCUT2D eigenvalue weighted by molar-refractivity contribution is 0.0413. The van der Waals surface area contributed by atoms with Gasteiger partial charge >= 0.3 is 6.09 Å². The van der Waals surface area contributed by atoms with Crippen LogP contribution in [-0.4, -0.2) is 41.4 Å². The van der Waals surface area contributed by atoms with Gasteiger partial charge in [0.05, 0.1) is 0 Å². The average Bonchev–Trinajstić information content (AvgIpc) is 2.30. The second-order valence-electron chi connectivity index (χ2n) is 4.46. The molecule has 0 radical (unpaired) electrons. The molecule has 0 aromatic rings. The SMILES string of the molecule is CC[C@@H](C)OC(=O)N1CCCC[C@H]1CCO. The van der Waals surface area contributed by atoms with Crippen LogP contribution in [0.1, 0.15) is 46.0 Å². The van der Waals surface area contributed by atoms with Gasteiger partial charge in [-0.05, 0) is 39.0 Å². The maximum Gasteiger partial charge on any atom is 0.410 e. The van der Waals surface area contributed by atoms with Gasteiger partial charge in [-0.25, -0.2) is 4.79 Å². The van der Waals surface area contributed by atoms with E-state index in [4.69, 9.17) is 9.84 Å². The summed E-state index contributed by atoms with van der Waals surface area (Å²) >= 11 is 0. The van der Waals surface area contributed by atoms with Crippen LogP contribution in [-0.2, 0) is 4.74 Å². The van der Waals surface area contributed by atoms with E-state index in [1.54, 1.807) is 4.90 Å². The second kappa shape index (κ2) is 6.74. The standard InChI is InChI=1S/C12H23NO3/c1-3-10(2)16-12(15)13-8-5-4-6-11(13)7-9-14/h10-11,14H,3-9H2,1-2H3/t10-,11+/m1/s1. The molecule has 16 heavy (non-hydrogen) atoms. The third kappa shape index (κ3) is 3.67. The van der Waals surface area contributed by atoms with Gasteiger partial charge in [-0.3, -0.25) is 0 Å². The molecule has 0 aromatic carbocycles. The Labute approximate surface area is 97.6 Å². The van der Waals surface area contributed by atoms with Crippen LogP contribution >= 0.6 is 0 Å². The van der Waals surface area contributed by atoms with E-state index in [2.05, 4.69) is 0 Å². The molecule has 0 spiro atoms. The Morgan fingerprint density at radius 3 is 2.94 bits per heavy atom. The maximum absolute atomic E-state index is 11.9. The van der Waals surface area contributed by atoms with Gasteiger partial charge in [0.25, 0.3) is 0 Å². The van der Waals surface area contributed by atoms with Crippen molar-refractivity contribution >= 4 is 6.09 Å². The number of hydrogen-bond donors (Lipinski definition) is 1. The van der Waals surface area contributed by atoms with Crippen molar-refractivity contribution in [1.82, 2.24) is 4.90 Å². The summed E-state index contributed by atoms with van der Waals surface area (Å²) in [5.41, 5.74) is 0. The summed E-state index contributed by atoms with van der Waals surface area (Å²) in [6.45, 7) is 4.81. The van der Waals surface area contributed by atoms with Crippen molar-refractivity contribution in [2.24, 2.45) is 0 Å². The van der Waals surface area contributed by atoms with Gasteiger partial charge in [-0.2, -0.15) is 0 Å². The number of hydrogen-bond acceptors (Lipinski definition) is 3. The molecule has 1 N–H and O–H groups in total. The minimum Gasteiger partial charge on any atom is -0.446 e. The molecule has 94 valence electrons. The first kappa shape index (κ1) is 13.3. The van der Waals surface area contributed by atoms with Gasteiger partial charge < -0.3 is 14.7 Å². The molecule has 4 nitrogen and oxygen atoms in total. The van der Waals surface area contributed by atoms with Crippen LogP contribution < -0.4 is 0 Å². The Kier molecular flexibility index (Phi) is 5.60. The number of carbonyl (C=O) groups is 1. The highest BCUT2D eigenvalue weighted by Crippen LogP contribution is 2.20. The molecule has 4 heteroatoms. The Morgan fingerprint density at radius 1 is 1.56 bits per heavy atom. The van der Waals surface area contributed by atoms with E-state index in [-0.39, 0.29) is 24.8 Å². The lowest BCUT2D eigenvalue weighted by Crippen LogP contribution is -2.45. The van der Waals surface area contributed by atoms with Gasteiger partial charge in [-0.1, -0.05) is 6.92 Å². The molecule has 0 unspecified atom stereocenters. The highest BCUT2D eigenvalue weighted by Gasteiger charge is 2.27. The quantitative estimate of drug-likeness (QED) is 0.803. The first-order valence-corrected chi connectivity index (χ1v) is 6.27. The summed E-state index contributed by atoms with van der Waals surface area (Å²) in [7, 11) is 0. The Hall–Kier alpha value is -0.770. The van der Waals surface area contributed by atoms with Crippen LogP contribution in [0.2, 0.25) is 0 Å². The van der Waals surface area contributed by atoms with Gasteiger partial charge in [-0.15, -0.1) is 0 Å². The van der Waals surface area contributed by atoms with Crippen LogP contribution in [0.15, 0.2) is 0 Å². The van der Waals surface area contributed by atoms with Gasteiger partial charge in [0.1, 0.15) is 6.10 Å². The third-order valence-electron chi connectivity index (χ3n) is 3.20. The van der Waals surface area contributed by atoms with Crippen molar-refractivity contribution < 1.29 is 14.6 Å². The molecule has 1 amide bonds. The molecule has 1 aliphatic rings. The summed E-state index contributed by atoms with van der Waals surface area (Å²) in [5, 5.41) is 8.97. The monoisotopic (exact) mass is 229 g/mol. The van der Waals surface area contributed by atoms with E-state index in [1.165, 1.54) is 0 Å². The van der Waals surface area contributed by atoms with Gasteiger partial charge in [0, 0.05) is 19.2 Å². The van der Waals surface area contributed by atoms with E-state index in [9.17, 15) is 4.79 Å². The van der Waals surface area contributed by atoms with Crippen LogP contribution in [0.25, 0.3) is 0 Å². The highest BCUT2D eigenvalue weighted by molar-refractivity contribution is 5.68. The number of likely N-dealkylation sites (tertiary alicyclic amines) is 1. The van der Waals surface area contributed by atoms with Crippen LogP contribution in [0, 0.1) is 0 Å². The normalized spacial score (nSPS) is 22.9. The molecular formula is C12H23NO3. The number of nitrogens with zero attached hydrogens (tertiary/aromatic N) is 1. The number of carbonyl (C=O) groups excluding carboxylic acids is 1. The van der Waals surface area contributed by atoms with E-state index in [1.807, 2.05) is 13.8 Å². The largest absolute Gasteiger partial charge is 0.446 e. The number of piperidine rings is 1. The topological polar surface area (TPSA) is 49.8 Å². The van der Waals surface area contributed by atoms with Gasteiger partial charge in [0.2, 0.25) is 0 Å². The molecule has 0 bridgehead atoms. The van der Waals surface area contributed by atoms with Gasteiger partial charge in [0.15, 0.2) is 0 Å². The Balaban J connectivity index is 2.50. The number of rotatable bonds is 4. The lowest BCUT2D eigenvalue weighted by Gasteiger charge is -2.35. The average molecular weight is 229 g/mol. The fourth-order valence-corrected chi connectivity index (χ4v) is 2.01. The smallest absolute Gasteiger partial charge is 0.410 e. The van der Waals surface area contributed by atoms with Crippen LogP contribution in [0.3, 0.4) is 0 Å². The minimum absolute atomic E-state index is 0.0239. The zero-order valence-electron chi connectivity index (χ0n) is 10.3. The highest BCUT2D eigenvalue weighted by atomic mass is 16.6. The number of aliphatic hydroxyl groups excluding tert-OH is 1. The summed E-state index contributed by atoms with van der Waals surface area (Å²) in [6.07, 6.45) is 4.42. The molecule has 0 saturated carbocycles.